The summed E-state index contributed by atoms with van der Waals surface area (Å²) in [7, 11) is 0. The molecule has 11 rings (SSSR count). The van der Waals surface area contributed by atoms with Crippen molar-refractivity contribution in [3.63, 3.8) is 0 Å². The molecule has 53 heavy (non-hydrogen) atoms. The zero-order valence-electron chi connectivity index (χ0n) is 29.8. The van der Waals surface area contributed by atoms with Gasteiger partial charge in [0.25, 0.3) is 0 Å². The molecule has 0 fully saturated rings. The van der Waals surface area contributed by atoms with Crippen LogP contribution >= 0.6 is 0 Å². The summed E-state index contributed by atoms with van der Waals surface area (Å²) in [4.78, 5) is 0. The lowest BCUT2D eigenvalue weighted by molar-refractivity contribution is 0.662. The lowest BCUT2D eigenvalue weighted by atomic mass is 9.78. The van der Waals surface area contributed by atoms with Gasteiger partial charge < -0.3 is 0 Å². The van der Waals surface area contributed by atoms with Gasteiger partial charge in [0.2, 0.25) is 0 Å². The van der Waals surface area contributed by atoms with Crippen molar-refractivity contribution in [2.75, 3.05) is 0 Å². The Balaban J connectivity index is 1.17. The van der Waals surface area contributed by atoms with Crippen LogP contribution in [0.3, 0.4) is 0 Å². The summed E-state index contributed by atoms with van der Waals surface area (Å²) in [5, 5.41) is 12.8. The largest absolute Gasteiger partial charge is 0.0616 e. The van der Waals surface area contributed by atoms with Crippen molar-refractivity contribution in [3.05, 3.63) is 193 Å². The van der Waals surface area contributed by atoms with Crippen LogP contribution in [-0.2, 0) is 5.41 Å². The van der Waals surface area contributed by atoms with Gasteiger partial charge in [0.15, 0.2) is 0 Å². The van der Waals surface area contributed by atoms with Gasteiger partial charge in [0.05, 0.1) is 0 Å². The summed E-state index contributed by atoms with van der Waals surface area (Å²) in [6.45, 7) is 4.80. The van der Waals surface area contributed by atoms with E-state index in [2.05, 4.69) is 196 Å². The average molecular weight is 673 g/mol. The van der Waals surface area contributed by atoms with Gasteiger partial charge in [0.1, 0.15) is 0 Å². The Morgan fingerprint density at radius 2 is 0.830 bits per heavy atom. The molecule has 0 nitrogen and oxygen atoms in total. The van der Waals surface area contributed by atoms with Crippen LogP contribution in [0.15, 0.2) is 182 Å². The predicted molar refractivity (Wildman–Crippen MR) is 228 cm³/mol. The van der Waals surface area contributed by atoms with Crippen LogP contribution < -0.4 is 0 Å². The highest BCUT2D eigenvalue weighted by Crippen LogP contribution is 2.55. The molecular weight excluding hydrogens is 637 g/mol. The first-order chi connectivity index (χ1) is 26.1. The van der Waals surface area contributed by atoms with Crippen LogP contribution in [0.25, 0.3) is 98.4 Å². The minimum Gasteiger partial charge on any atom is -0.0616 e. The van der Waals surface area contributed by atoms with E-state index in [4.69, 9.17) is 0 Å². The maximum atomic E-state index is 2.44. The molecule has 0 amide bonds. The summed E-state index contributed by atoms with van der Waals surface area (Å²) >= 11 is 0. The second kappa shape index (κ2) is 11.2. The molecular formula is C53H36. The fraction of sp³-hybridized carbons (Fsp3) is 0.0566. The Morgan fingerprint density at radius 3 is 1.55 bits per heavy atom. The fourth-order valence-electron chi connectivity index (χ4n) is 9.72. The van der Waals surface area contributed by atoms with Gasteiger partial charge in [0, 0.05) is 5.41 Å². The molecule has 0 bridgehead atoms. The van der Waals surface area contributed by atoms with E-state index in [1.165, 1.54) is 109 Å². The Kier molecular flexibility index (Phi) is 6.40. The van der Waals surface area contributed by atoms with E-state index in [0.29, 0.717) is 0 Å². The molecule has 0 heteroatoms. The topological polar surface area (TPSA) is 0 Å². The fourth-order valence-corrected chi connectivity index (χ4v) is 9.72. The minimum absolute atomic E-state index is 0.134. The van der Waals surface area contributed by atoms with Gasteiger partial charge in [-0.25, -0.2) is 0 Å². The molecule has 0 unspecified atom stereocenters. The summed E-state index contributed by atoms with van der Waals surface area (Å²) in [5.74, 6) is 0. The molecule has 0 heterocycles. The van der Waals surface area contributed by atoms with Crippen molar-refractivity contribution < 1.29 is 0 Å². The van der Waals surface area contributed by atoms with Gasteiger partial charge >= 0.3 is 0 Å². The number of hydrogen-bond acceptors (Lipinski definition) is 0. The van der Waals surface area contributed by atoms with Crippen LogP contribution in [0.4, 0.5) is 0 Å². The third-order valence-electron chi connectivity index (χ3n) is 12.0. The smallest absolute Gasteiger partial charge is 0.0165 e. The van der Waals surface area contributed by atoms with Crippen LogP contribution in [0.1, 0.15) is 25.0 Å². The van der Waals surface area contributed by atoms with Gasteiger partial charge in [-0.2, -0.15) is 0 Å². The van der Waals surface area contributed by atoms with E-state index in [9.17, 15) is 0 Å². The lowest BCUT2D eigenvalue weighted by Crippen LogP contribution is -2.16. The third-order valence-corrected chi connectivity index (χ3v) is 12.0. The molecule has 0 aliphatic heterocycles. The molecule has 0 spiro atoms. The van der Waals surface area contributed by atoms with Gasteiger partial charge in [-0.1, -0.05) is 184 Å². The molecule has 0 atom stereocenters. The standard InChI is InChI=1S/C53H36/c1-53(2)48-30-29-33-15-3-6-20-38(33)51(48)46-28-14-27-39(52(46)53)34-17-13-18-36(31-34)49-42-23-9-11-25-44(42)50(45-26-12-10-24-43(45)49)47-32-35-16-4-5-19-37(35)40-21-7-8-22-41(40)47/h3-32H,1-2H3. The zero-order chi connectivity index (χ0) is 35.3. The monoisotopic (exact) mass is 672 g/mol. The van der Waals surface area contributed by atoms with Crippen molar-refractivity contribution in [1.29, 1.82) is 0 Å². The van der Waals surface area contributed by atoms with E-state index >= 15 is 0 Å². The van der Waals surface area contributed by atoms with Crippen molar-refractivity contribution in [3.8, 4) is 44.5 Å². The maximum absolute atomic E-state index is 2.44. The highest BCUT2D eigenvalue weighted by Gasteiger charge is 2.38. The summed E-state index contributed by atoms with van der Waals surface area (Å²) in [5.41, 5.74) is 13.1. The highest BCUT2D eigenvalue weighted by atomic mass is 14.4. The molecule has 248 valence electrons. The Bertz CT molecular complexity index is 3080. The van der Waals surface area contributed by atoms with E-state index in [0.717, 1.165) is 0 Å². The third kappa shape index (κ3) is 4.30. The highest BCUT2D eigenvalue weighted by molar-refractivity contribution is 6.25. The Morgan fingerprint density at radius 1 is 0.302 bits per heavy atom. The van der Waals surface area contributed by atoms with Crippen molar-refractivity contribution in [2.24, 2.45) is 0 Å². The molecule has 10 aromatic carbocycles. The quantitative estimate of drug-likeness (QED) is 0.129. The molecule has 0 saturated carbocycles. The zero-order valence-corrected chi connectivity index (χ0v) is 29.8. The van der Waals surface area contributed by atoms with Gasteiger partial charge in [-0.15, -0.1) is 0 Å². The first-order valence-corrected chi connectivity index (χ1v) is 18.7. The number of hydrogen-bond donors (Lipinski definition) is 0. The van der Waals surface area contributed by atoms with Gasteiger partial charge in [-0.05, 0) is 122 Å². The summed E-state index contributed by atoms with van der Waals surface area (Å²) < 4.78 is 0. The molecule has 0 radical (unpaired) electrons. The molecule has 0 N–H and O–H groups in total. The summed E-state index contributed by atoms with van der Waals surface area (Å²) in [6, 6.07) is 67.9. The van der Waals surface area contributed by atoms with Crippen LogP contribution in [-0.4, -0.2) is 0 Å². The first-order valence-electron chi connectivity index (χ1n) is 18.7. The van der Waals surface area contributed by atoms with E-state index in [1.807, 2.05) is 0 Å². The van der Waals surface area contributed by atoms with E-state index in [-0.39, 0.29) is 5.41 Å². The van der Waals surface area contributed by atoms with Crippen molar-refractivity contribution >= 4 is 53.9 Å². The molecule has 0 aromatic heterocycles. The normalized spacial score (nSPS) is 13.2. The lowest BCUT2D eigenvalue weighted by Gasteiger charge is -2.25. The second-order valence-corrected chi connectivity index (χ2v) is 15.2. The van der Waals surface area contributed by atoms with Crippen molar-refractivity contribution in [1.82, 2.24) is 0 Å². The Hall–Kier alpha value is -6.50. The Labute approximate surface area is 309 Å². The number of benzene rings is 10. The minimum atomic E-state index is -0.134. The van der Waals surface area contributed by atoms with Crippen LogP contribution in [0, 0.1) is 0 Å². The molecule has 0 saturated heterocycles. The van der Waals surface area contributed by atoms with Gasteiger partial charge in [-0.3, -0.25) is 0 Å². The second-order valence-electron chi connectivity index (χ2n) is 15.2. The number of rotatable bonds is 3. The summed E-state index contributed by atoms with van der Waals surface area (Å²) in [6.07, 6.45) is 0. The molecule has 1 aliphatic rings. The van der Waals surface area contributed by atoms with E-state index in [1.54, 1.807) is 0 Å². The van der Waals surface area contributed by atoms with Crippen molar-refractivity contribution in [2.45, 2.75) is 19.3 Å². The first kappa shape index (κ1) is 30.2. The average Bonchev–Trinajstić information content (AvgIpc) is 3.46. The number of fused-ring (bicyclic) bond motifs is 10. The SMILES string of the molecule is CC1(C)c2ccc3ccccc3c2-c2cccc(-c3cccc(-c4c5ccccc5c(-c5cc6ccccc6c6ccccc56)c5ccccc45)c3)c21. The van der Waals surface area contributed by atoms with E-state index < -0.39 is 0 Å². The van der Waals surface area contributed by atoms with Crippen LogP contribution in [0.5, 0.6) is 0 Å². The molecule has 10 aromatic rings. The maximum Gasteiger partial charge on any atom is 0.0165 e. The predicted octanol–water partition coefficient (Wildman–Crippen LogP) is 14.8. The van der Waals surface area contributed by atoms with Crippen LogP contribution in [0.2, 0.25) is 0 Å². The molecule has 1 aliphatic carbocycles.